The lowest BCUT2D eigenvalue weighted by atomic mass is 9.87. The van der Waals surface area contributed by atoms with Crippen LogP contribution in [-0.2, 0) is 5.41 Å². The molecule has 3 nitrogen and oxygen atoms in total. The van der Waals surface area contributed by atoms with E-state index in [1.807, 2.05) is 66.9 Å². The van der Waals surface area contributed by atoms with E-state index in [2.05, 4.69) is 56.1 Å². The summed E-state index contributed by atoms with van der Waals surface area (Å²) in [7, 11) is 0. The highest BCUT2D eigenvalue weighted by molar-refractivity contribution is 5.87. The monoisotopic (exact) mass is 550 g/mol. The van der Waals surface area contributed by atoms with Crippen LogP contribution >= 0.6 is 0 Å². The molecule has 0 aliphatic rings. The van der Waals surface area contributed by atoms with E-state index in [0.717, 1.165) is 44.8 Å². The smallest absolute Gasteiger partial charge is 0.124 e. The van der Waals surface area contributed by atoms with Crippen LogP contribution in [-0.4, -0.2) is 15.1 Å². The molecule has 0 aliphatic heterocycles. The van der Waals surface area contributed by atoms with E-state index in [9.17, 15) is 9.50 Å². The van der Waals surface area contributed by atoms with Gasteiger partial charge in [-0.1, -0.05) is 87.5 Å². The molecule has 2 aromatic heterocycles. The predicted molar refractivity (Wildman–Crippen MR) is 170 cm³/mol. The van der Waals surface area contributed by atoms with Gasteiger partial charge in [-0.15, -0.1) is 0 Å². The quantitative estimate of drug-likeness (QED) is 0.232. The van der Waals surface area contributed by atoms with Crippen LogP contribution in [0.2, 0.25) is 0 Å². The SMILES string of the molecule is CC(C)(C)c1ccnc(-c2cccc(-c3cc(-c4ccccc4-c4cccc(F)c4)cc(-c4ccccc4O)n3)c2)c1. The number of halogens is 1. The summed E-state index contributed by atoms with van der Waals surface area (Å²) in [6.07, 6.45) is 1.86. The molecular weight excluding hydrogens is 519 g/mol. The van der Waals surface area contributed by atoms with Gasteiger partial charge < -0.3 is 5.11 Å². The zero-order valence-corrected chi connectivity index (χ0v) is 23.8. The molecule has 6 aromatic rings. The number of aromatic hydroxyl groups is 1. The van der Waals surface area contributed by atoms with Crippen molar-refractivity contribution in [2.45, 2.75) is 26.2 Å². The van der Waals surface area contributed by atoms with Gasteiger partial charge in [0.1, 0.15) is 11.6 Å². The lowest BCUT2D eigenvalue weighted by molar-refractivity contribution is 0.477. The Morgan fingerprint density at radius 2 is 1.17 bits per heavy atom. The van der Waals surface area contributed by atoms with Crippen LogP contribution in [0.1, 0.15) is 26.3 Å². The Hall–Kier alpha value is -5.09. The standard InChI is InChI=1S/C38H31FN2O/c1-38(2,3)29-18-19-40-34(24-29)26-11-8-12-27(20-26)35-22-28(23-36(41-35)33-16-6-7-17-37(33)42)32-15-5-4-14-31(32)25-10-9-13-30(39)21-25/h4-24,42H,1-3H3. The van der Waals surface area contributed by atoms with Crippen LogP contribution in [0.15, 0.2) is 128 Å². The van der Waals surface area contributed by atoms with E-state index >= 15 is 0 Å². The van der Waals surface area contributed by atoms with Crippen molar-refractivity contribution in [1.29, 1.82) is 0 Å². The van der Waals surface area contributed by atoms with Crippen LogP contribution in [0, 0.1) is 5.82 Å². The number of aromatic nitrogens is 2. The molecule has 0 unspecified atom stereocenters. The second-order valence-corrected chi connectivity index (χ2v) is 11.5. The molecule has 4 heteroatoms. The van der Waals surface area contributed by atoms with Crippen LogP contribution in [0.5, 0.6) is 5.75 Å². The fourth-order valence-electron chi connectivity index (χ4n) is 5.20. The molecule has 4 aromatic carbocycles. The highest BCUT2D eigenvalue weighted by Gasteiger charge is 2.17. The van der Waals surface area contributed by atoms with Gasteiger partial charge in [-0.2, -0.15) is 0 Å². The first-order valence-electron chi connectivity index (χ1n) is 14.0. The highest BCUT2D eigenvalue weighted by Crippen LogP contribution is 2.38. The largest absolute Gasteiger partial charge is 0.507 e. The number of nitrogens with zero attached hydrogens (tertiary/aromatic N) is 2. The normalized spacial score (nSPS) is 11.4. The van der Waals surface area contributed by atoms with E-state index in [4.69, 9.17) is 4.98 Å². The van der Waals surface area contributed by atoms with Crippen molar-refractivity contribution in [2.75, 3.05) is 0 Å². The van der Waals surface area contributed by atoms with Gasteiger partial charge in [0.2, 0.25) is 0 Å². The van der Waals surface area contributed by atoms with Crippen molar-refractivity contribution in [3.8, 4) is 61.8 Å². The van der Waals surface area contributed by atoms with E-state index in [1.54, 1.807) is 24.3 Å². The topological polar surface area (TPSA) is 46.0 Å². The Labute approximate surface area is 246 Å². The summed E-state index contributed by atoms with van der Waals surface area (Å²) >= 11 is 0. The first kappa shape index (κ1) is 27.1. The molecule has 1 N–H and O–H groups in total. The molecule has 0 saturated heterocycles. The van der Waals surface area contributed by atoms with Crippen LogP contribution in [0.4, 0.5) is 4.39 Å². The van der Waals surface area contributed by atoms with E-state index in [-0.39, 0.29) is 17.0 Å². The third-order valence-electron chi connectivity index (χ3n) is 7.46. The summed E-state index contributed by atoms with van der Waals surface area (Å²) in [5.74, 6) is -0.128. The molecule has 0 bridgehead atoms. The minimum Gasteiger partial charge on any atom is -0.507 e. The number of hydrogen-bond acceptors (Lipinski definition) is 3. The summed E-state index contributed by atoms with van der Waals surface area (Å²) < 4.78 is 14.2. The van der Waals surface area contributed by atoms with Crippen molar-refractivity contribution in [3.05, 3.63) is 139 Å². The van der Waals surface area contributed by atoms with E-state index in [1.165, 1.54) is 11.6 Å². The van der Waals surface area contributed by atoms with Crippen molar-refractivity contribution in [2.24, 2.45) is 0 Å². The average molecular weight is 551 g/mol. The number of para-hydroxylation sites is 1. The predicted octanol–water partition coefficient (Wildman–Crippen LogP) is 9.95. The van der Waals surface area contributed by atoms with Crippen molar-refractivity contribution < 1.29 is 9.50 Å². The lowest BCUT2D eigenvalue weighted by Gasteiger charge is -2.19. The molecule has 0 amide bonds. The zero-order valence-electron chi connectivity index (χ0n) is 23.8. The first-order chi connectivity index (χ1) is 20.3. The van der Waals surface area contributed by atoms with Gasteiger partial charge in [0.05, 0.1) is 17.1 Å². The molecule has 206 valence electrons. The average Bonchev–Trinajstić information content (AvgIpc) is 3.01. The number of rotatable bonds is 5. The fraction of sp³-hybridized carbons (Fsp3) is 0.105. The van der Waals surface area contributed by atoms with E-state index in [0.29, 0.717) is 11.3 Å². The summed E-state index contributed by atoms with van der Waals surface area (Å²) in [5.41, 5.74) is 9.65. The fourth-order valence-corrected chi connectivity index (χ4v) is 5.20. The lowest BCUT2D eigenvalue weighted by Crippen LogP contribution is -2.11. The Balaban J connectivity index is 1.53. The van der Waals surface area contributed by atoms with Gasteiger partial charge >= 0.3 is 0 Å². The molecule has 2 heterocycles. The molecule has 0 aliphatic carbocycles. The minimum atomic E-state index is -0.284. The number of benzene rings is 4. The Bertz CT molecular complexity index is 1900. The second-order valence-electron chi connectivity index (χ2n) is 11.5. The first-order valence-corrected chi connectivity index (χ1v) is 14.0. The van der Waals surface area contributed by atoms with Gasteiger partial charge in [0, 0.05) is 22.9 Å². The molecule has 42 heavy (non-hydrogen) atoms. The summed E-state index contributed by atoms with van der Waals surface area (Å²) in [4.78, 5) is 9.70. The van der Waals surface area contributed by atoms with Crippen LogP contribution < -0.4 is 0 Å². The second kappa shape index (κ2) is 11.1. The summed E-state index contributed by atoms with van der Waals surface area (Å²) in [6.45, 7) is 6.58. The summed E-state index contributed by atoms with van der Waals surface area (Å²) in [5, 5.41) is 10.7. The Morgan fingerprint density at radius 3 is 1.88 bits per heavy atom. The number of pyridine rings is 2. The molecule has 0 saturated carbocycles. The van der Waals surface area contributed by atoms with Crippen molar-refractivity contribution >= 4 is 0 Å². The molecule has 0 spiro atoms. The van der Waals surface area contributed by atoms with Crippen molar-refractivity contribution in [3.63, 3.8) is 0 Å². The third-order valence-corrected chi connectivity index (χ3v) is 7.46. The number of phenols is 1. The van der Waals surface area contributed by atoms with Gasteiger partial charge in [0.25, 0.3) is 0 Å². The maximum Gasteiger partial charge on any atom is 0.124 e. The number of hydrogen-bond donors (Lipinski definition) is 1. The molecular formula is C38H31FN2O. The van der Waals surface area contributed by atoms with E-state index < -0.39 is 0 Å². The molecule has 0 atom stereocenters. The number of phenolic OH excluding ortho intramolecular Hbond substituents is 1. The highest BCUT2D eigenvalue weighted by atomic mass is 19.1. The maximum absolute atomic E-state index is 14.2. The zero-order chi connectivity index (χ0) is 29.3. The minimum absolute atomic E-state index is 0.00678. The third kappa shape index (κ3) is 5.57. The maximum atomic E-state index is 14.2. The van der Waals surface area contributed by atoms with Crippen LogP contribution in [0.3, 0.4) is 0 Å². The Kier molecular flexibility index (Phi) is 7.13. The molecule has 0 radical (unpaired) electrons. The van der Waals surface area contributed by atoms with Crippen molar-refractivity contribution in [1.82, 2.24) is 9.97 Å². The Morgan fingerprint density at radius 1 is 0.548 bits per heavy atom. The van der Waals surface area contributed by atoms with Gasteiger partial charge in [-0.25, -0.2) is 9.37 Å². The molecule has 0 fully saturated rings. The van der Waals surface area contributed by atoms with Gasteiger partial charge in [-0.3, -0.25) is 4.98 Å². The summed E-state index contributed by atoms with van der Waals surface area (Å²) in [6, 6.07) is 38.3. The molecule has 6 rings (SSSR count). The van der Waals surface area contributed by atoms with Gasteiger partial charge in [0.15, 0.2) is 0 Å². The van der Waals surface area contributed by atoms with Gasteiger partial charge in [-0.05, 0) is 87.8 Å². The van der Waals surface area contributed by atoms with Crippen LogP contribution in [0.25, 0.3) is 56.0 Å².